The average Bonchev–Trinajstić information content (AvgIpc) is 2.72. The maximum Gasteiger partial charge on any atom is 0.398 e. The Hall–Kier alpha value is -2.16. The van der Waals surface area contributed by atoms with Gasteiger partial charge in [-0.05, 0) is 12.8 Å². The Balaban J connectivity index is 2.58. The van der Waals surface area contributed by atoms with E-state index >= 15 is 0 Å². The highest BCUT2D eigenvalue weighted by Gasteiger charge is 2.62. The number of nitrogens with one attached hydrogen (secondary N) is 1. The molecule has 9 heteroatoms. The number of hydrogen-bond acceptors (Lipinski definition) is 5. The zero-order valence-electron chi connectivity index (χ0n) is 11.7. The van der Waals surface area contributed by atoms with Crippen molar-refractivity contribution in [3.05, 3.63) is 45.8 Å². The van der Waals surface area contributed by atoms with E-state index in [0.717, 1.165) is 12.3 Å². The monoisotopic (exact) mass is 317 g/mol. The van der Waals surface area contributed by atoms with Crippen molar-refractivity contribution in [1.82, 2.24) is 5.48 Å². The Bertz CT molecular complexity index is 601. The summed E-state index contributed by atoms with van der Waals surface area (Å²) < 4.78 is 40.5. The van der Waals surface area contributed by atoms with E-state index in [-0.39, 0.29) is 29.8 Å². The second-order valence-electron chi connectivity index (χ2n) is 4.98. The third-order valence-electron chi connectivity index (χ3n) is 3.94. The number of allylic oxidation sites excluding steroid dienone is 1. The van der Waals surface area contributed by atoms with Gasteiger partial charge in [0.2, 0.25) is 0 Å². The second-order valence-corrected chi connectivity index (χ2v) is 4.98. The van der Waals surface area contributed by atoms with Crippen molar-refractivity contribution in [3.63, 3.8) is 0 Å². The maximum absolute atomic E-state index is 13.5. The van der Waals surface area contributed by atoms with Gasteiger partial charge in [-0.1, -0.05) is 13.0 Å². The van der Waals surface area contributed by atoms with Crippen LogP contribution < -0.4 is 5.48 Å². The minimum absolute atomic E-state index is 0.121. The number of aliphatic imine (C=N–C) groups is 1. The molecule has 1 fully saturated rings. The number of amidine groups is 1. The second kappa shape index (κ2) is 5.56. The van der Waals surface area contributed by atoms with Gasteiger partial charge in [0.25, 0.3) is 5.70 Å². The standard InChI is InChI=1S/C13H14F3N3O3/c1-3-9(19(20)21)10-8(7-17-11(10)18-22-2)12(5-4-6-12)13(14,15)16/h3,7H,1,4-6H2,2H3,(H,17,18)/b10-9+. The molecule has 0 amide bonds. The van der Waals surface area contributed by atoms with Gasteiger partial charge in [0.15, 0.2) is 5.84 Å². The van der Waals surface area contributed by atoms with Crippen LogP contribution in [0.4, 0.5) is 13.2 Å². The van der Waals surface area contributed by atoms with Gasteiger partial charge in [0.05, 0.1) is 17.4 Å². The number of hydrogen-bond donors (Lipinski definition) is 1. The Kier molecular flexibility index (Phi) is 4.10. The minimum atomic E-state index is -4.51. The highest BCUT2D eigenvalue weighted by Crippen LogP contribution is 2.60. The predicted octanol–water partition coefficient (Wildman–Crippen LogP) is 2.88. The summed E-state index contributed by atoms with van der Waals surface area (Å²) in [7, 11) is 1.24. The number of halogens is 3. The molecule has 0 unspecified atom stereocenters. The summed E-state index contributed by atoms with van der Waals surface area (Å²) in [5, 5.41) is 11.1. The molecule has 0 aromatic heterocycles. The molecule has 1 aliphatic carbocycles. The molecule has 22 heavy (non-hydrogen) atoms. The van der Waals surface area contributed by atoms with Crippen LogP contribution in [0.25, 0.3) is 0 Å². The molecule has 1 N–H and O–H groups in total. The Morgan fingerprint density at radius 1 is 1.59 bits per heavy atom. The lowest BCUT2D eigenvalue weighted by atomic mass is 9.62. The van der Waals surface area contributed by atoms with Crippen LogP contribution in [-0.4, -0.2) is 24.0 Å². The van der Waals surface area contributed by atoms with Gasteiger partial charge in [-0.2, -0.15) is 13.2 Å². The topological polar surface area (TPSA) is 76.8 Å². The third kappa shape index (κ3) is 2.31. The summed E-state index contributed by atoms with van der Waals surface area (Å²) in [6.45, 7) is 3.31. The van der Waals surface area contributed by atoms with E-state index in [2.05, 4.69) is 21.9 Å². The van der Waals surface area contributed by atoms with Crippen LogP contribution in [0.3, 0.4) is 0 Å². The van der Waals surface area contributed by atoms with E-state index in [0.29, 0.717) is 6.42 Å². The Morgan fingerprint density at radius 3 is 2.59 bits per heavy atom. The summed E-state index contributed by atoms with van der Waals surface area (Å²) in [6, 6.07) is 0. The summed E-state index contributed by atoms with van der Waals surface area (Å²) in [4.78, 5) is 18.8. The zero-order valence-corrected chi connectivity index (χ0v) is 11.7. The van der Waals surface area contributed by atoms with Crippen molar-refractivity contribution in [3.8, 4) is 0 Å². The minimum Gasteiger partial charge on any atom is -0.278 e. The molecule has 0 spiro atoms. The van der Waals surface area contributed by atoms with E-state index in [1.54, 1.807) is 0 Å². The van der Waals surface area contributed by atoms with Crippen LogP contribution in [0.1, 0.15) is 19.3 Å². The maximum atomic E-state index is 13.5. The highest BCUT2D eigenvalue weighted by atomic mass is 19.4. The van der Waals surface area contributed by atoms with Gasteiger partial charge in [-0.3, -0.25) is 15.0 Å². The van der Waals surface area contributed by atoms with Gasteiger partial charge in [0.1, 0.15) is 5.57 Å². The van der Waals surface area contributed by atoms with Crippen LogP contribution in [0.2, 0.25) is 0 Å². The van der Waals surface area contributed by atoms with Gasteiger partial charge in [-0.25, -0.2) is 10.5 Å². The fourth-order valence-corrected chi connectivity index (χ4v) is 2.69. The first-order valence-corrected chi connectivity index (χ1v) is 6.44. The molecule has 1 aliphatic heterocycles. The molecule has 0 aromatic rings. The van der Waals surface area contributed by atoms with Crippen LogP contribution in [-0.2, 0) is 4.84 Å². The number of hydroxylamine groups is 1. The molecule has 120 valence electrons. The molecule has 2 rings (SSSR count). The molecule has 0 atom stereocenters. The predicted molar refractivity (Wildman–Crippen MR) is 72.2 cm³/mol. The molecule has 0 radical (unpaired) electrons. The zero-order chi connectivity index (χ0) is 16.5. The fourth-order valence-electron chi connectivity index (χ4n) is 2.69. The largest absolute Gasteiger partial charge is 0.398 e. The summed E-state index contributed by atoms with van der Waals surface area (Å²) in [5.74, 6) is -0.125. The molecular weight excluding hydrogens is 303 g/mol. The first-order chi connectivity index (χ1) is 10.3. The van der Waals surface area contributed by atoms with Crippen LogP contribution in [0.5, 0.6) is 0 Å². The molecule has 0 bridgehead atoms. The summed E-state index contributed by atoms with van der Waals surface area (Å²) in [6.07, 6.45) is -2.42. The Labute approximate surface area is 124 Å². The number of alkyl halides is 3. The number of nitro groups is 1. The lowest BCUT2D eigenvalue weighted by Crippen LogP contribution is -2.46. The number of rotatable bonds is 4. The molecule has 0 saturated heterocycles. The third-order valence-corrected chi connectivity index (χ3v) is 3.94. The van der Waals surface area contributed by atoms with E-state index in [9.17, 15) is 23.3 Å². The van der Waals surface area contributed by atoms with Gasteiger partial charge in [0, 0.05) is 17.8 Å². The van der Waals surface area contributed by atoms with Crippen molar-refractivity contribution in [2.24, 2.45) is 10.4 Å². The van der Waals surface area contributed by atoms with E-state index in [1.165, 1.54) is 7.11 Å². The highest BCUT2D eigenvalue weighted by molar-refractivity contribution is 6.05. The van der Waals surface area contributed by atoms with Gasteiger partial charge in [-0.15, -0.1) is 0 Å². The van der Waals surface area contributed by atoms with Crippen molar-refractivity contribution >= 4 is 5.84 Å². The quantitative estimate of drug-likeness (QED) is 0.639. The summed E-state index contributed by atoms with van der Waals surface area (Å²) in [5.41, 5.74) is -0.791. The molecule has 1 saturated carbocycles. The molecule has 2 aliphatic rings. The van der Waals surface area contributed by atoms with Gasteiger partial charge >= 0.3 is 6.18 Å². The molecule has 6 nitrogen and oxygen atoms in total. The van der Waals surface area contributed by atoms with Gasteiger partial charge < -0.3 is 0 Å². The smallest absolute Gasteiger partial charge is 0.278 e. The van der Waals surface area contributed by atoms with Crippen LogP contribution in [0.15, 0.2) is 40.7 Å². The van der Waals surface area contributed by atoms with Crippen LogP contribution in [0, 0.1) is 15.5 Å². The fraction of sp³-hybridized carbons (Fsp3) is 0.462. The summed E-state index contributed by atoms with van der Waals surface area (Å²) >= 11 is 0. The lowest BCUT2D eigenvalue weighted by molar-refractivity contribution is -0.419. The van der Waals surface area contributed by atoms with Crippen LogP contribution >= 0.6 is 0 Å². The average molecular weight is 317 g/mol. The van der Waals surface area contributed by atoms with E-state index in [1.807, 2.05) is 0 Å². The first-order valence-electron chi connectivity index (χ1n) is 6.44. The first kappa shape index (κ1) is 16.2. The number of nitrogens with zero attached hydrogens (tertiary/aromatic N) is 2. The Morgan fingerprint density at radius 2 is 2.23 bits per heavy atom. The normalized spacial score (nSPS) is 22.4. The van der Waals surface area contributed by atoms with Crippen molar-refractivity contribution in [2.45, 2.75) is 25.4 Å². The molecular formula is C13H14F3N3O3. The molecule has 0 aromatic carbocycles. The van der Waals surface area contributed by atoms with E-state index < -0.39 is 22.2 Å². The lowest BCUT2D eigenvalue weighted by Gasteiger charge is -2.44. The van der Waals surface area contributed by atoms with Crippen molar-refractivity contribution in [2.75, 3.05) is 7.11 Å². The van der Waals surface area contributed by atoms with E-state index in [4.69, 9.17) is 0 Å². The molecule has 1 heterocycles. The van der Waals surface area contributed by atoms with Crippen molar-refractivity contribution in [1.29, 1.82) is 0 Å². The van der Waals surface area contributed by atoms with Crippen molar-refractivity contribution < 1.29 is 22.9 Å². The SMILES string of the molecule is C=C/C(=C1/C(C2(C(F)(F)F)CCC2)=CN=C1NOC)[N+](=O)[O-].